The lowest BCUT2D eigenvalue weighted by molar-refractivity contribution is -0.114. The van der Waals surface area contributed by atoms with Gasteiger partial charge in [-0.3, -0.25) is 4.79 Å². The summed E-state index contributed by atoms with van der Waals surface area (Å²) in [5.41, 5.74) is 1.43. The van der Waals surface area contributed by atoms with Crippen LogP contribution in [0.5, 0.6) is 0 Å². The van der Waals surface area contributed by atoms with Crippen molar-refractivity contribution >= 4 is 23.3 Å². The number of rotatable bonds is 4. The molecule has 5 heteroatoms. The van der Waals surface area contributed by atoms with Crippen molar-refractivity contribution in [2.75, 3.05) is 17.2 Å². The topological polar surface area (TPSA) is 70.2 Å². The number of anilines is 2. The molecule has 1 aromatic rings. The number of amides is 3. The van der Waals surface area contributed by atoms with Crippen molar-refractivity contribution in [3.05, 3.63) is 24.3 Å². The lowest BCUT2D eigenvalue weighted by Gasteiger charge is -2.12. The number of benzene rings is 1. The predicted octanol–water partition coefficient (Wildman–Crippen LogP) is 2.96. The van der Waals surface area contributed by atoms with Gasteiger partial charge in [-0.1, -0.05) is 12.8 Å². The normalized spacial score (nSPS) is 14.8. The fourth-order valence-electron chi connectivity index (χ4n) is 2.47. The Morgan fingerprint density at radius 2 is 1.60 bits per heavy atom. The van der Waals surface area contributed by atoms with Crippen LogP contribution in [0.3, 0.4) is 0 Å². The summed E-state index contributed by atoms with van der Waals surface area (Å²) >= 11 is 0. The SMILES string of the molecule is CC(=O)Nc1ccc(NC(=O)NCC2CCCC2)cc1. The average molecular weight is 275 g/mol. The van der Waals surface area contributed by atoms with Gasteiger partial charge in [0.25, 0.3) is 0 Å². The molecule has 0 unspecified atom stereocenters. The Kier molecular flexibility index (Phi) is 4.98. The van der Waals surface area contributed by atoms with Gasteiger partial charge in [-0.25, -0.2) is 4.79 Å². The summed E-state index contributed by atoms with van der Waals surface area (Å²) < 4.78 is 0. The van der Waals surface area contributed by atoms with Crippen molar-refractivity contribution < 1.29 is 9.59 Å². The van der Waals surface area contributed by atoms with Crippen molar-refractivity contribution in [3.63, 3.8) is 0 Å². The van der Waals surface area contributed by atoms with Gasteiger partial charge < -0.3 is 16.0 Å². The monoisotopic (exact) mass is 275 g/mol. The zero-order valence-electron chi connectivity index (χ0n) is 11.7. The number of carbonyl (C=O) groups is 2. The van der Waals surface area contributed by atoms with Crippen LogP contribution in [-0.4, -0.2) is 18.5 Å². The van der Waals surface area contributed by atoms with Crippen LogP contribution in [0.2, 0.25) is 0 Å². The molecule has 0 saturated heterocycles. The second-order valence-corrected chi connectivity index (χ2v) is 5.24. The molecule has 5 nitrogen and oxygen atoms in total. The van der Waals surface area contributed by atoms with Crippen LogP contribution < -0.4 is 16.0 Å². The Hall–Kier alpha value is -2.04. The molecule has 1 aliphatic rings. The first-order valence-electron chi connectivity index (χ1n) is 7.06. The molecule has 1 fully saturated rings. The smallest absolute Gasteiger partial charge is 0.319 e. The lowest BCUT2D eigenvalue weighted by Crippen LogP contribution is -2.32. The fourth-order valence-corrected chi connectivity index (χ4v) is 2.47. The predicted molar refractivity (Wildman–Crippen MR) is 79.7 cm³/mol. The molecule has 0 radical (unpaired) electrons. The van der Waals surface area contributed by atoms with Gasteiger partial charge in [-0.15, -0.1) is 0 Å². The summed E-state index contributed by atoms with van der Waals surface area (Å²) in [5.74, 6) is 0.517. The van der Waals surface area contributed by atoms with Crippen LogP contribution in [0.15, 0.2) is 24.3 Å². The van der Waals surface area contributed by atoms with E-state index in [2.05, 4.69) is 16.0 Å². The maximum absolute atomic E-state index is 11.7. The summed E-state index contributed by atoms with van der Waals surface area (Å²) in [6, 6.07) is 6.87. The third kappa shape index (κ3) is 4.57. The molecule has 20 heavy (non-hydrogen) atoms. The molecular weight excluding hydrogens is 254 g/mol. The van der Waals surface area contributed by atoms with Crippen LogP contribution in [0.1, 0.15) is 32.6 Å². The van der Waals surface area contributed by atoms with Gasteiger partial charge in [-0.05, 0) is 43.0 Å². The first kappa shape index (κ1) is 14.4. The molecule has 2 rings (SSSR count). The van der Waals surface area contributed by atoms with Crippen molar-refractivity contribution in [2.24, 2.45) is 5.92 Å². The zero-order chi connectivity index (χ0) is 14.4. The van der Waals surface area contributed by atoms with E-state index < -0.39 is 0 Å². The van der Waals surface area contributed by atoms with Crippen molar-refractivity contribution in [3.8, 4) is 0 Å². The zero-order valence-corrected chi connectivity index (χ0v) is 11.7. The van der Waals surface area contributed by atoms with Gasteiger partial charge in [0.15, 0.2) is 0 Å². The van der Waals surface area contributed by atoms with E-state index in [1.54, 1.807) is 24.3 Å². The lowest BCUT2D eigenvalue weighted by atomic mass is 10.1. The Labute approximate surface area is 119 Å². The van der Waals surface area contributed by atoms with E-state index in [-0.39, 0.29) is 11.9 Å². The molecule has 3 amide bonds. The second-order valence-electron chi connectivity index (χ2n) is 5.24. The van der Waals surface area contributed by atoms with Crippen LogP contribution >= 0.6 is 0 Å². The minimum atomic E-state index is -0.177. The third-order valence-corrected chi connectivity index (χ3v) is 3.49. The molecule has 0 bridgehead atoms. The minimum Gasteiger partial charge on any atom is -0.338 e. The van der Waals surface area contributed by atoms with E-state index in [1.807, 2.05) is 0 Å². The van der Waals surface area contributed by atoms with Gasteiger partial charge in [0.05, 0.1) is 0 Å². The highest BCUT2D eigenvalue weighted by Crippen LogP contribution is 2.23. The van der Waals surface area contributed by atoms with Gasteiger partial charge >= 0.3 is 6.03 Å². The first-order valence-corrected chi connectivity index (χ1v) is 7.06. The summed E-state index contributed by atoms with van der Waals surface area (Å²) in [6.45, 7) is 2.21. The van der Waals surface area contributed by atoms with Gasteiger partial charge in [-0.2, -0.15) is 0 Å². The highest BCUT2D eigenvalue weighted by molar-refractivity contribution is 5.91. The second kappa shape index (κ2) is 6.93. The van der Waals surface area contributed by atoms with Crippen LogP contribution in [0.4, 0.5) is 16.2 Å². The highest BCUT2D eigenvalue weighted by atomic mass is 16.2. The van der Waals surface area contributed by atoms with E-state index in [1.165, 1.54) is 32.6 Å². The number of hydrogen-bond acceptors (Lipinski definition) is 2. The Balaban J connectivity index is 1.76. The highest BCUT2D eigenvalue weighted by Gasteiger charge is 2.15. The van der Waals surface area contributed by atoms with Crippen LogP contribution in [0.25, 0.3) is 0 Å². The summed E-state index contributed by atoms with van der Waals surface area (Å²) in [6.07, 6.45) is 4.98. The van der Waals surface area contributed by atoms with Crippen LogP contribution in [0, 0.1) is 5.92 Å². The average Bonchev–Trinajstić information content (AvgIpc) is 2.91. The molecule has 108 valence electrons. The molecule has 0 aliphatic heterocycles. The summed E-state index contributed by atoms with van der Waals surface area (Å²) in [7, 11) is 0. The fraction of sp³-hybridized carbons (Fsp3) is 0.467. The number of carbonyl (C=O) groups excluding carboxylic acids is 2. The Morgan fingerprint density at radius 3 is 2.15 bits per heavy atom. The Bertz CT molecular complexity index is 465. The molecule has 0 heterocycles. The first-order chi connectivity index (χ1) is 9.63. The molecule has 1 aromatic carbocycles. The van der Waals surface area contributed by atoms with Gasteiger partial charge in [0.2, 0.25) is 5.91 Å². The number of nitrogens with one attached hydrogen (secondary N) is 3. The van der Waals surface area contributed by atoms with Crippen molar-refractivity contribution in [2.45, 2.75) is 32.6 Å². The minimum absolute atomic E-state index is 0.111. The summed E-state index contributed by atoms with van der Waals surface area (Å²) in [4.78, 5) is 22.6. The van der Waals surface area contributed by atoms with E-state index in [9.17, 15) is 9.59 Å². The molecule has 0 atom stereocenters. The van der Waals surface area contributed by atoms with E-state index >= 15 is 0 Å². The number of urea groups is 1. The molecule has 3 N–H and O–H groups in total. The van der Waals surface area contributed by atoms with Gasteiger partial charge in [0, 0.05) is 24.8 Å². The quantitative estimate of drug-likeness (QED) is 0.790. The van der Waals surface area contributed by atoms with Crippen molar-refractivity contribution in [1.29, 1.82) is 0 Å². The van der Waals surface area contributed by atoms with E-state index in [0.29, 0.717) is 11.6 Å². The molecule has 1 aliphatic carbocycles. The third-order valence-electron chi connectivity index (χ3n) is 3.49. The number of hydrogen-bond donors (Lipinski definition) is 3. The molecule has 1 saturated carbocycles. The molecule has 0 aromatic heterocycles. The van der Waals surface area contributed by atoms with E-state index in [4.69, 9.17) is 0 Å². The largest absolute Gasteiger partial charge is 0.338 e. The Morgan fingerprint density at radius 1 is 1.05 bits per heavy atom. The molecule has 0 spiro atoms. The molecular formula is C15H21N3O2. The van der Waals surface area contributed by atoms with Crippen molar-refractivity contribution in [1.82, 2.24) is 5.32 Å². The maximum atomic E-state index is 11.7. The van der Waals surface area contributed by atoms with Crippen LogP contribution in [-0.2, 0) is 4.79 Å². The maximum Gasteiger partial charge on any atom is 0.319 e. The standard InChI is InChI=1S/C15H21N3O2/c1-11(19)17-13-6-8-14(9-7-13)18-15(20)16-10-12-4-2-3-5-12/h6-9,12H,2-5,10H2,1H3,(H,17,19)(H2,16,18,20). The summed E-state index contributed by atoms with van der Waals surface area (Å²) in [5, 5.41) is 8.36. The van der Waals surface area contributed by atoms with Gasteiger partial charge in [0.1, 0.15) is 0 Å². The van der Waals surface area contributed by atoms with E-state index in [0.717, 1.165) is 12.2 Å².